The summed E-state index contributed by atoms with van der Waals surface area (Å²) >= 11 is 0. The van der Waals surface area contributed by atoms with Gasteiger partial charge in [0, 0.05) is 0 Å². The fraction of sp³-hybridized carbons (Fsp3) is 0.667. The molecule has 0 aliphatic carbocycles. The van der Waals surface area contributed by atoms with Crippen LogP contribution in [0.1, 0.15) is 20.8 Å². The van der Waals surface area contributed by atoms with Crippen molar-refractivity contribution in [1.29, 1.82) is 0 Å². The second kappa shape index (κ2) is 5.66. The molecule has 0 bridgehead atoms. The Morgan fingerprint density at radius 1 is 1.17 bits per heavy atom. The molecule has 1 aromatic heterocycles. The molecule has 0 aliphatic rings. The second-order valence-corrected chi connectivity index (χ2v) is 10.5. The first-order valence-electron chi connectivity index (χ1n) is 6.07. The van der Waals surface area contributed by atoms with Crippen LogP contribution >= 0.6 is 0 Å². The zero-order valence-corrected chi connectivity index (χ0v) is 12.9. The van der Waals surface area contributed by atoms with Crippen LogP contribution in [0.15, 0.2) is 12.4 Å². The Morgan fingerprint density at radius 3 is 2.33 bits per heavy atom. The lowest BCUT2D eigenvalue weighted by Crippen LogP contribution is -2.41. The monoisotopic (exact) mass is 269 g/mol. The Bertz CT molecular complexity index is 374. The number of aromatic nitrogens is 2. The highest BCUT2D eigenvalue weighted by Crippen LogP contribution is 2.36. The molecule has 5 nitrogen and oxygen atoms in total. The molecule has 0 atom stereocenters. The Labute approximate surface area is 110 Å². The van der Waals surface area contributed by atoms with E-state index in [-0.39, 0.29) is 5.04 Å². The number of rotatable bonds is 5. The third kappa shape index (κ3) is 4.27. The zero-order chi connectivity index (χ0) is 13.8. The molecule has 2 N–H and O–H groups in total. The van der Waals surface area contributed by atoms with Crippen molar-refractivity contribution < 1.29 is 9.16 Å². The van der Waals surface area contributed by atoms with Gasteiger partial charge in [-0.15, -0.1) is 0 Å². The van der Waals surface area contributed by atoms with Crippen LogP contribution in [0.3, 0.4) is 0 Å². The summed E-state index contributed by atoms with van der Waals surface area (Å²) in [5.74, 6) is 0.864. The molecule has 0 fully saturated rings. The maximum atomic E-state index is 5.98. The summed E-state index contributed by atoms with van der Waals surface area (Å²) in [6.07, 6.45) is 2.99. The van der Waals surface area contributed by atoms with E-state index in [9.17, 15) is 0 Å². The standard InChI is InChI=1S/C12H23N3O2Si/c1-12(2,3)18(4,5)17-7-6-16-11-9-14-10(13)8-15-11/h8-9H,6-7H2,1-5H3,(H2,13,14). The lowest BCUT2D eigenvalue weighted by molar-refractivity contribution is 0.198. The van der Waals surface area contributed by atoms with Crippen LogP contribution in [0, 0.1) is 0 Å². The lowest BCUT2D eigenvalue weighted by Gasteiger charge is -2.36. The molecule has 0 radical (unpaired) electrons. The number of hydrogen-bond acceptors (Lipinski definition) is 5. The molecule has 6 heteroatoms. The Morgan fingerprint density at radius 2 is 1.83 bits per heavy atom. The molecule has 18 heavy (non-hydrogen) atoms. The number of nitrogen functional groups attached to an aromatic ring is 1. The Kier molecular flexibility index (Phi) is 4.69. The molecule has 1 heterocycles. The van der Waals surface area contributed by atoms with E-state index in [1.165, 1.54) is 12.4 Å². The summed E-state index contributed by atoms with van der Waals surface area (Å²) in [5.41, 5.74) is 5.44. The molecule has 0 unspecified atom stereocenters. The van der Waals surface area contributed by atoms with Gasteiger partial charge in [-0.25, -0.2) is 9.97 Å². The SMILES string of the molecule is CC(C)(C)[Si](C)(C)OCCOc1cnc(N)cn1. The van der Waals surface area contributed by atoms with Gasteiger partial charge in [0.1, 0.15) is 12.4 Å². The first-order chi connectivity index (χ1) is 8.22. The lowest BCUT2D eigenvalue weighted by atomic mass is 10.2. The van der Waals surface area contributed by atoms with E-state index < -0.39 is 8.32 Å². The van der Waals surface area contributed by atoms with Crippen LogP contribution in [0.4, 0.5) is 5.82 Å². The fourth-order valence-corrected chi connectivity index (χ4v) is 2.09. The Hall–Kier alpha value is -1.14. The quantitative estimate of drug-likeness (QED) is 0.657. The van der Waals surface area contributed by atoms with Gasteiger partial charge < -0.3 is 14.9 Å². The molecular weight excluding hydrogens is 246 g/mol. The largest absolute Gasteiger partial charge is 0.474 e. The minimum Gasteiger partial charge on any atom is -0.474 e. The van der Waals surface area contributed by atoms with Crippen molar-refractivity contribution >= 4 is 14.1 Å². The maximum absolute atomic E-state index is 5.98. The van der Waals surface area contributed by atoms with Gasteiger partial charge >= 0.3 is 0 Å². The molecule has 0 aromatic carbocycles. The molecule has 0 saturated heterocycles. The van der Waals surface area contributed by atoms with Crippen LogP contribution in [0.2, 0.25) is 18.1 Å². The third-order valence-electron chi connectivity index (χ3n) is 3.25. The van der Waals surface area contributed by atoms with E-state index in [0.29, 0.717) is 24.9 Å². The number of ether oxygens (including phenoxy) is 1. The number of nitrogens with zero attached hydrogens (tertiary/aromatic N) is 2. The summed E-state index contributed by atoms with van der Waals surface area (Å²) in [7, 11) is -1.69. The van der Waals surface area contributed by atoms with E-state index >= 15 is 0 Å². The highest BCUT2D eigenvalue weighted by molar-refractivity contribution is 6.74. The highest BCUT2D eigenvalue weighted by Gasteiger charge is 2.36. The minimum absolute atomic E-state index is 0.216. The van der Waals surface area contributed by atoms with Gasteiger partial charge in [0.15, 0.2) is 8.32 Å². The smallest absolute Gasteiger partial charge is 0.232 e. The van der Waals surface area contributed by atoms with Crippen molar-refractivity contribution in [3.8, 4) is 5.88 Å². The van der Waals surface area contributed by atoms with Crippen molar-refractivity contribution in [1.82, 2.24) is 9.97 Å². The second-order valence-electron chi connectivity index (χ2n) is 5.74. The summed E-state index contributed by atoms with van der Waals surface area (Å²) in [5, 5.41) is 0.216. The summed E-state index contributed by atoms with van der Waals surface area (Å²) in [6.45, 7) is 12.1. The van der Waals surface area contributed by atoms with E-state index in [2.05, 4.69) is 43.8 Å². The fourth-order valence-electron chi connectivity index (χ4n) is 1.06. The van der Waals surface area contributed by atoms with E-state index in [1.54, 1.807) is 0 Å². The van der Waals surface area contributed by atoms with Crippen LogP contribution in [0.5, 0.6) is 5.88 Å². The van der Waals surface area contributed by atoms with Crippen molar-refractivity contribution in [2.75, 3.05) is 18.9 Å². The van der Waals surface area contributed by atoms with E-state index in [0.717, 1.165) is 0 Å². The maximum Gasteiger partial charge on any atom is 0.232 e. The average molecular weight is 269 g/mol. The predicted molar refractivity (Wildman–Crippen MR) is 75.1 cm³/mol. The van der Waals surface area contributed by atoms with Crippen molar-refractivity contribution in [3.63, 3.8) is 0 Å². The van der Waals surface area contributed by atoms with Gasteiger partial charge in [-0.3, -0.25) is 0 Å². The number of anilines is 1. The first-order valence-corrected chi connectivity index (χ1v) is 8.97. The normalized spacial score (nSPS) is 12.5. The number of nitrogens with two attached hydrogens (primary N) is 1. The molecule has 0 saturated carbocycles. The van der Waals surface area contributed by atoms with Crippen LogP contribution < -0.4 is 10.5 Å². The molecule has 1 rings (SSSR count). The van der Waals surface area contributed by atoms with Gasteiger partial charge in [-0.2, -0.15) is 0 Å². The van der Waals surface area contributed by atoms with Gasteiger partial charge in [0.25, 0.3) is 0 Å². The molecule has 0 spiro atoms. The van der Waals surface area contributed by atoms with Gasteiger partial charge in [0.05, 0.1) is 19.0 Å². The van der Waals surface area contributed by atoms with E-state index in [4.69, 9.17) is 14.9 Å². The van der Waals surface area contributed by atoms with Gasteiger partial charge in [0.2, 0.25) is 5.88 Å². The molecular formula is C12H23N3O2Si. The summed E-state index contributed by atoms with van der Waals surface area (Å²) in [6, 6.07) is 0. The number of hydrogen-bond donors (Lipinski definition) is 1. The van der Waals surface area contributed by atoms with Crippen molar-refractivity contribution in [2.45, 2.75) is 38.9 Å². The molecule has 0 amide bonds. The summed E-state index contributed by atoms with van der Waals surface area (Å²) < 4.78 is 11.4. The molecule has 102 valence electrons. The van der Waals surface area contributed by atoms with Crippen molar-refractivity contribution in [3.05, 3.63) is 12.4 Å². The highest BCUT2D eigenvalue weighted by atomic mass is 28.4. The molecule has 1 aromatic rings. The average Bonchev–Trinajstić information content (AvgIpc) is 2.25. The van der Waals surface area contributed by atoms with Gasteiger partial charge in [-0.1, -0.05) is 20.8 Å². The van der Waals surface area contributed by atoms with Gasteiger partial charge in [-0.05, 0) is 18.1 Å². The minimum atomic E-state index is -1.69. The zero-order valence-electron chi connectivity index (χ0n) is 11.9. The molecule has 0 aliphatic heterocycles. The van der Waals surface area contributed by atoms with Crippen LogP contribution in [-0.2, 0) is 4.43 Å². The van der Waals surface area contributed by atoms with Crippen molar-refractivity contribution in [2.24, 2.45) is 0 Å². The topological polar surface area (TPSA) is 70.3 Å². The Balaban J connectivity index is 2.33. The summed E-state index contributed by atoms with van der Waals surface area (Å²) in [4.78, 5) is 7.91. The first kappa shape index (κ1) is 14.9. The predicted octanol–water partition coefficient (Wildman–Crippen LogP) is 2.46. The van der Waals surface area contributed by atoms with Crippen LogP contribution in [0.25, 0.3) is 0 Å². The van der Waals surface area contributed by atoms with E-state index in [1.807, 2.05) is 0 Å². The van der Waals surface area contributed by atoms with Crippen LogP contribution in [-0.4, -0.2) is 31.5 Å². The third-order valence-corrected chi connectivity index (χ3v) is 7.79.